The molecule has 0 aliphatic heterocycles. The van der Waals surface area contributed by atoms with Gasteiger partial charge in [0.2, 0.25) is 0 Å². The van der Waals surface area contributed by atoms with Gasteiger partial charge in [0.05, 0.1) is 26.2 Å². The number of rotatable bonds is 7. The lowest BCUT2D eigenvalue weighted by Gasteiger charge is -2.34. The van der Waals surface area contributed by atoms with Crippen molar-refractivity contribution in [3.05, 3.63) is 35.9 Å². The third kappa shape index (κ3) is 7.25. The number of quaternary nitrogens is 1. The fourth-order valence-corrected chi connectivity index (χ4v) is 2.30. The molecule has 4 heteroatoms. The third-order valence-corrected chi connectivity index (χ3v) is 4.30. The number of aliphatic carboxylic acids is 1. The first-order valence-electron chi connectivity index (χ1n) is 7.82. The molecule has 0 amide bonds. The van der Waals surface area contributed by atoms with Crippen molar-refractivity contribution in [2.45, 2.75) is 40.2 Å². The lowest BCUT2D eigenvalue weighted by molar-refractivity contribution is -0.921. The number of hydrogen-bond acceptors (Lipinski definition) is 2. The van der Waals surface area contributed by atoms with Gasteiger partial charge in [-0.05, 0) is 39.7 Å². The van der Waals surface area contributed by atoms with Crippen LogP contribution >= 0.6 is 0 Å². The molecule has 0 aliphatic rings. The topological polar surface area (TPSA) is 63.3 Å². The monoisotopic (exact) mass is 295 g/mol. The van der Waals surface area contributed by atoms with E-state index < -0.39 is 12.0 Å². The third-order valence-electron chi connectivity index (χ3n) is 4.30. The van der Waals surface area contributed by atoms with Gasteiger partial charge in [0.15, 0.2) is 0 Å². The summed E-state index contributed by atoms with van der Waals surface area (Å²) in [4.78, 5) is 10.4. The van der Waals surface area contributed by atoms with Crippen molar-refractivity contribution in [2.75, 3.05) is 26.2 Å². The highest BCUT2D eigenvalue weighted by atomic mass is 16.4. The molecule has 1 aromatic rings. The van der Waals surface area contributed by atoms with Crippen molar-refractivity contribution in [3.63, 3.8) is 0 Å². The second-order valence-corrected chi connectivity index (χ2v) is 5.24. The van der Waals surface area contributed by atoms with E-state index in [0.29, 0.717) is 6.42 Å². The van der Waals surface area contributed by atoms with Gasteiger partial charge in [-0.25, -0.2) is 0 Å². The highest BCUT2D eigenvalue weighted by Crippen LogP contribution is 2.03. The molecular formula is C17H31N2O2+. The van der Waals surface area contributed by atoms with E-state index in [-0.39, 0.29) is 0 Å². The predicted octanol–water partition coefficient (Wildman–Crippen LogP) is 2.52. The minimum Gasteiger partial charge on any atom is -0.480 e. The van der Waals surface area contributed by atoms with E-state index in [1.165, 1.54) is 30.7 Å². The molecular weight excluding hydrogens is 264 g/mol. The summed E-state index contributed by atoms with van der Waals surface area (Å²) in [6.45, 7) is 14.2. The Morgan fingerprint density at radius 3 is 1.76 bits per heavy atom. The zero-order valence-electron chi connectivity index (χ0n) is 13.9. The molecule has 0 aliphatic carbocycles. The number of nitrogens with two attached hydrogens (primary N) is 1. The summed E-state index contributed by atoms with van der Waals surface area (Å²) in [5.41, 5.74) is 6.30. The van der Waals surface area contributed by atoms with Gasteiger partial charge in [0, 0.05) is 0 Å². The van der Waals surface area contributed by atoms with Crippen molar-refractivity contribution in [1.29, 1.82) is 0 Å². The molecule has 1 rings (SSSR count). The van der Waals surface area contributed by atoms with Crippen molar-refractivity contribution >= 4 is 5.97 Å². The fourth-order valence-electron chi connectivity index (χ4n) is 2.30. The molecule has 1 atom stereocenters. The number of benzene rings is 1. The van der Waals surface area contributed by atoms with Gasteiger partial charge in [-0.15, -0.1) is 0 Å². The first-order chi connectivity index (χ1) is 9.94. The molecule has 0 saturated carbocycles. The van der Waals surface area contributed by atoms with Crippen LogP contribution in [0.15, 0.2) is 30.3 Å². The summed E-state index contributed by atoms with van der Waals surface area (Å²) in [7, 11) is 0. The minimum absolute atomic E-state index is 0.385. The number of carboxylic acids is 1. The highest BCUT2D eigenvalue weighted by Gasteiger charge is 2.16. The molecule has 4 nitrogen and oxygen atoms in total. The number of carboxylic acid groups (broad SMARTS) is 1. The van der Waals surface area contributed by atoms with Crippen molar-refractivity contribution < 1.29 is 14.4 Å². The van der Waals surface area contributed by atoms with E-state index in [0.717, 1.165) is 5.56 Å². The molecule has 1 aromatic carbocycles. The van der Waals surface area contributed by atoms with Crippen LogP contribution in [0.1, 0.15) is 33.3 Å². The van der Waals surface area contributed by atoms with Crippen molar-refractivity contribution in [2.24, 2.45) is 5.73 Å². The van der Waals surface area contributed by atoms with Crippen molar-refractivity contribution in [1.82, 2.24) is 0 Å². The van der Waals surface area contributed by atoms with Gasteiger partial charge < -0.3 is 15.3 Å². The molecule has 0 saturated heterocycles. The smallest absolute Gasteiger partial charge is 0.320 e. The van der Waals surface area contributed by atoms with E-state index in [1.54, 1.807) is 0 Å². The quantitative estimate of drug-likeness (QED) is 0.760. The number of nitrogens with zero attached hydrogens (tertiary/aromatic N) is 1. The first-order valence-corrected chi connectivity index (χ1v) is 7.82. The van der Waals surface area contributed by atoms with Gasteiger partial charge in [-0.3, -0.25) is 4.79 Å². The Kier molecular flexibility index (Phi) is 9.67. The fraction of sp³-hybridized carbons (Fsp3) is 0.588. The SMILES string of the molecule is CC[N+](CC)(CC)CC.NC(Cc1ccccc1)C(=O)O. The van der Waals surface area contributed by atoms with E-state index in [1.807, 2.05) is 30.3 Å². The molecule has 0 radical (unpaired) electrons. The summed E-state index contributed by atoms with van der Waals surface area (Å²) in [6.07, 6.45) is 0.385. The zero-order chi connectivity index (χ0) is 16.3. The number of carbonyl (C=O) groups is 1. The summed E-state index contributed by atoms with van der Waals surface area (Å²) in [5.74, 6) is -0.959. The lowest BCUT2D eigenvalue weighted by Crippen LogP contribution is -2.47. The summed E-state index contributed by atoms with van der Waals surface area (Å²) in [6, 6.07) is 8.54. The van der Waals surface area contributed by atoms with E-state index in [2.05, 4.69) is 27.7 Å². The van der Waals surface area contributed by atoms with Crippen LogP contribution in [0.4, 0.5) is 0 Å². The van der Waals surface area contributed by atoms with Crippen LogP contribution in [0, 0.1) is 0 Å². The van der Waals surface area contributed by atoms with Gasteiger partial charge in [0.25, 0.3) is 0 Å². The van der Waals surface area contributed by atoms with Crippen LogP contribution in [0.2, 0.25) is 0 Å². The molecule has 1 unspecified atom stereocenters. The van der Waals surface area contributed by atoms with Crippen LogP contribution < -0.4 is 5.73 Å². The lowest BCUT2D eigenvalue weighted by atomic mass is 10.1. The van der Waals surface area contributed by atoms with Gasteiger partial charge in [-0.2, -0.15) is 0 Å². The maximum atomic E-state index is 10.4. The molecule has 0 fully saturated rings. The Bertz CT molecular complexity index is 372. The maximum Gasteiger partial charge on any atom is 0.320 e. The molecule has 0 heterocycles. The van der Waals surface area contributed by atoms with E-state index >= 15 is 0 Å². The summed E-state index contributed by atoms with van der Waals surface area (Å²) < 4.78 is 1.28. The van der Waals surface area contributed by atoms with Gasteiger partial charge >= 0.3 is 5.97 Å². The Labute approximate surface area is 129 Å². The Morgan fingerprint density at radius 1 is 1.05 bits per heavy atom. The Morgan fingerprint density at radius 2 is 1.48 bits per heavy atom. The Hall–Kier alpha value is -1.39. The average Bonchev–Trinajstić information content (AvgIpc) is 2.52. The van der Waals surface area contributed by atoms with Gasteiger partial charge in [-0.1, -0.05) is 30.3 Å². The predicted molar refractivity (Wildman–Crippen MR) is 88.2 cm³/mol. The zero-order valence-corrected chi connectivity index (χ0v) is 13.9. The van der Waals surface area contributed by atoms with Crippen LogP contribution in [0.25, 0.3) is 0 Å². The van der Waals surface area contributed by atoms with Crippen molar-refractivity contribution in [3.8, 4) is 0 Å². The minimum atomic E-state index is -0.959. The molecule has 3 N–H and O–H groups in total. The normalized spacial score (nSPS) is 12.2. The number of hydrogen-bond donors (Lipinski definition) is 2. The highest BCUT2D eigenvalue weighted by molar-refractivity contribution is 5.73. The standard InChI is InChI=1S/C9H11NO2.C8H20N/c10-8(9(11)12)6-7-4-2-1-3-5-7;1-5-9(6-2,7-3)8-4/h1-5,8H,6,10H2,(H,11,12);5-8H2,1-4H3/q;+1. The van der Waals surface area contributed by atoms with E-state index in [9.17, 15) is 4.79 Å². The second kappa shape index (κ2) is 10.4. The van der Waals surface area contributed by atoms with Crippen LogP contribution in [0.3, 0.4) is 0 Å². The van der Waals surface area contributed by atoms with Gasteiger partial charge in [0.1, 0.15) is 6.04 Å². The molecule has 120 valence electrons. The molecule has 21 heavy (non-hydrogen) atoms. The molecule has 0 spiro atoms. The largest absolute Gasteiger partial charge is 0.480 e. The van der Waals surface area contributed by atoms with E-state index in [4.69, 9.17) is 10.8 Å². The maximum absolute atomic E-state index is 10.4. The van der Waals surface area contributed by atoms with Crippen LogP contribution in [-0.2, 0) is 11.2 Å². The molecule has 0 aromatic heterocycles. The second-order valence-electron chi connectivity index (χ2n) is 5.24. The molecule has 0 bridgehead atoms. The van der Waals surface area contributed by atoms with Crippen LogP contribution in [-0.4, -0.2) is 47.8 Å². The van der Waals surface area contributed by atoms with Crippen LogP contribution in [0.5, 0.6) is 0 Å². The summed E-state index contributed by atoms with van der Waals surface area (Å²) >= 11 is 0. The average molecular weight is 295 g/mol. The summed E-state index contributed by atoms with van der Waals surface area (Å²) in [5, 5.41) is 8.52. The Balaban J connectivity index is 0.000000400. The first kappa shape index (κ1) is 19.6.